The summed E-state index contributed by atoms with van der Waals surface area (Å²) in [6.07, 6.45) is -0.418. The van der Waals surface area contributed by atoms with Gasteiger partial charge in [-0.25, -0.2) is 4.79 Å². The molecule has 2 aromatic rings. The Morgan fingerprint density at radius 3 is 2.22 bits per heavy atom. The maximum Gasteiger partial charge on any atom is 0.408 e. The fourth-order valence-corrected chi connectivity index (χ4v) is 6.76. The number of carboxylic acid groups (broad SMARTS) is 1. The zero-order valence-corrected chi connectivity index (χ0v) is 22.2. The summed E-state index contributed by atoms with van der Waals surface area (Å²) in [6.45, 7) is 9.39. The van der Waals surface area contributed by atoms with Crippen molar-refractivity contribution in [2.24, 2.45) is 0 Å². The van der Waals surface area contributed by atoms with E-state index >= 15 is 0 Å². The van der Waals surface area contributed by atoms with Crippen molar-refractivity contribution in [2.75, 3.05) is 29.5 Å². The van der Waals surface area contributed by atoms with E-state index in [4.69, 9.17) is 0 Å². The van der Waals surface area contributed by atoms with Gasteiger partial charge >= 0.3 is 6.09 Å². The molecule has 2 heterocycles. The third-order valence-electron chi connectivity index (χ3n) is 7.27. The van der Waals surface area contributed by atoms with Crippen molar-refractivity contribution < 1.29 is 23.8 Å². The first-order valence-corrected chi connectivity index (χ1v) is 14.4. The van der Waals surface area contributed by atoms with Crippen LogP contribution in [-0.4, -0.2) is 72.7 Å². The molecular formula is C27H37N3O5S. The zero-order valence-electron chi connectivity index (χ0n) is 21.4. The van der Waals surface area contributed by atoms with Crippen LogP contribution in [0, 0.1) is 0 Å². The molecule has 0 spiro atoms. The Labute approximate surface area is 214 Å². The van der Waals surface area contributed by atoms with Crippen LogP contribution in [0.1, 0.15) is 51.3 Å². The molecule has 2 aliphatic heterocycles. The Morgan fingerprint density at radius 2 is 1.67 bits per heavy atom. The van der Waals surface area contributed by atoms with Crippen LogP contribution in [0.15, 0.2) is 42.5 Å². The van der Waals surface area contributed by atoms with E-state index in [1.54, 1.807) is 11.8 Å². The maximum atomic E-state index is 12.5. The number of anilines is 1. The molecule has 36 heavy (non-hydrogen) atoms. The quantitative estimate of drug-likeness (QED) is 0.486. The van der Waals surface area contributed by atoms with Gasteiger partial charge < -0.3 is 10.0 Å². The lowest BCUT2D eigenvalue weighted by molar-refractivity contribution is -0.117. The van der Waals surface area contributed by atoms with Gasteiger partial charge in [-0.05, 0) is 61.6 Å². The van der Waals surface area contributed by atoms with E-state index in [2.05, 4.69) is 29.2 Å². The van der Waals surface area contributed by atoms with E-state index in [-0.39, 0.29) is 24.0 Å². The standard InChI is InChI=1S/C27H37N3O5S/c1-18(2)29(27(32)33)26-15-19(3)30(20(4)31)25-10-9-23(16-24(25)26)22-7-5-21(6-8-22)17-28-11-13-36(34,35)14-12-28/h5-10,16,18-19,26,34-35H,11-15,17H2,1-4H3,(H,32,33). The number of carbonyl (C=O) groups excluding carboxylic acids is 1. The molecule has 1 fully saturated rings. The Hall–Kier alpha value is -2.59. The topological polar surface area (TPSA) is 105 Å². The molecule has 0 radical (unpaired) electrons. The molecule has 8 nitrogen and oxygen atoms in total. The molecule has 2 aromatic carbocycles. The van der Waals surface area contributed by atoms with Gasteiger partial charge in [0, 0.05) is 44.3 Å². The van der Waals surface area contributed by atoms with Crippen molar-refractivity contribution in [3.05, 3.63) is 53.6 Å². The summed E-state index contributed by atoms with van der Waals surface area (Å²) in [7, 11) is -2.40. The van der Waals surface area contributed by atoms with Gasteiger partial charge in [0.2, 0.25) is 5.91 Å². The van der Waals surface area contributed by atoms with Gasteiger partial charge in [0.1, 0.15) is 0 Å². The Bertz CT molecular complexity index is 1110. The van der Waals surface area contributed by atoms with Gasteiger partial charge in [0.15, 0.2) is 0 Å². The first-order chi connectivity index (χ1) is 17.0. The second-order valence-electron chi connectivity index (χ2n) is 10.2. The highest BCUT2D eigenvalue weighted by Crippen LogP contribution is 2.43. The minimum absolute atomic E-state index is 0.0512. The molecule has 0 bridgehead atoms. The van der Waals surface area contributed by atoms with Crippen LogP contribution in [-0.2, 0) is 11.3 Å². The van der Waals surface area contributed by atoms with E-state index in [0.717, 1.165) is 34.5 Å². The second-order valence-corrected chi connectivity index (χ2v) is 12.7. The van der Waals surface area contributed by atoms with E-state index < -0.39 is 16.7 Å². The average Bonchev–Trinajstić information content (AvgIpc) is 2.80. The zero-order chi connectivity index (χ0) is 26.2. The lowest BCUT2D eigenvalue weighted by Gasteiger charge is -2.43. The lowest BCUT2D eigenvalue weighted by atomic mass is 9.87. The number of amides is 2. The molecule has 2 unspecified atom stereocenters. The number of benzene rings is 2. The first kappa shape index (κ1) is 26.5. The molecular weight excluding hydrogens is 478 g/mol. The first-order valence-electron chi connectivity index (χ1n) is 12.5. The second kappa shape index (κ2) is 10.4. The molecule has 0 aromatic heterocycles. The number of carbonyl (C=O) groups is 2. The summed E-state index contributed by atoms with van der Waals surface area (Å²) < 4.78 is 19.7. The Balaban J connectivity index is 1.62. The van der Waals surface area contributed by atoms with Gasteiger partial charge in [-0.15, -0.1) is 0 Å². The van der Waals surface area contributed by atoms with Gasteiger partial charge in [0.05, 0.1) is 17.5 Å². The van der Waals surface area contributed by atoms with Crippen molar-refractivity contribution in [3.8, 4) is 11.1 Å². The van der Waals surface area contributed by atoms with Crippen molar-refractivity contribution in [1.82, 2.24) is 9.80 Å². The summed E-state index contributed by atoms with van der Waals surface area (Å²) in [5.41, 5.74) is 4.78. The SMILES string of the molecule is CC(=O)N1c2ccc(-c3ccc(CN4CCS(O)(O)CC4)cc3)cc2C(N(C(=O)O)C(C)C)CC1C. The molecule has 2 atom stereocenters. The summed E-state index contributed by atoms with van der Waals surface area (Å²) in [6, 6.07) is 13.6. The number of nitrogens with zero attached hydrogens (tertiary/aromatic N) is 3. The third kappa shape index (κ3) is 5.54. The highest BCUT2D eigenvalue weighted by atomic mass is 32.3. The molecule has 0 aliphatic carbocycles. The Morgan fingerprint density at radius 1 is 1.06 bits per heavy atom. The van der Waals surface area contributed by atoms with Crippen LogP contribution >= 0.6 is 10.6 Å². The van der Waals surface area contributed by atoms with Crippen LogP contribution in [0.25, 0.3) is 11.1 Å². The molecule has 4 rings (SSSR count). The number of fused-ring (bicyclic) bond motifs is 1. The van der Waals surface area contributed by atoms with Gasteiger partial charge in [0.25, 0.3) is 0 Å². The van der Waals surface area contributed by atoms with Crippen LogP contribution < -0.4 is 4.90 Å². The van der Waals surface area contributed by atoms with E-state index in [9.17, 15) is 23.8 Å². The van der Waals surface area contributed by atoms with Gasteiger partial charge in [-0.2, -0.15) is 10.6 Å². The van der Waals surface area contributed by atoms with Crippen LogP contribution in [0.2, 0.25) is 0 Å². The van der Waals surface area contributed by atoms with Gasteiger partial charge in [-0.1, -0.05) is 30.3 Å². The van der Waals surface area contributed by atoms with Crippen molar-refractivity contribution in [3.63, 3.8) is 0 Å². The lowest BCUT2D eigenvalue weighted by Crippen LogP contribution is -2.48. The predicted octanol–water partition coefficient (Wildman–Crippen LogP) is 5.49. The fourth-order valence-electron chi connectivity index (χ4n) is 5.45. The third-order valence-corrected chi connectivity index (χ3v) is 8.94. The largest absolute Gasteiger partial charge is 0.465 e. The predicted molar refractivity (Wildman–Crippen MR) is 145 cm³/mol. The van der Waals surface area contributed by atoms with Crippen molar-refractivity contribution in [2.45, 2.75) is 58.8 Å². The Kier molecular flexibility index (Phi) is 7.66. The highest BCUT2D eigenvalue weighted by Gasteiger charge is 2.38. The summed E-state index contributed by atoms with van der Waals surface area (Å²) >= 11 is 0. The van der Waals surface area contributed by atoms with Gasteiger partial charge in [-0.3, -0.25) is 23.7 Å². The molecule has 196 valence electrons. The molecule has 3 N–H and O–H groups in total. The van der Waals surface area contributed by atoms with Crippen LogP contribution in [0.4, 0.5) is 10.5 Å². The molecule has 2 amide bonds. The number of hydrogen-bond acceptors (Lipinski definition) is 5. The summed E-state index contributed by atoms with van der Waals surface area (Å²) in [4.78, 5) is 30.2. The maximum absolute atomic E-state index is 12.5. The summed E-state index contributed by atoms with van der Waals surface area (Å²) in [5.74, 6) is 0.812. The average molecular weight is 516 g/mol. The summed E-state index contributed by atoms with van der Waals surface area (Å²) in [5, 5.41) is 9.98. The van der Waals surface area contributed by atoms with E-state index in [1.807, 2.05) is 39.0 Å². The van der Waals surface area contributed by atoms with Crippen molar-refractivity contribution in [1.29, 1.82) is 0 Å². The molecule has 2 aliphatic rings. The van der Waals surface area contributed by atoms with Crippen LogP contribution in [0.3, 0.4) is 0 Å². The minimum Gasteiger partial charge on any atom is -0.465 e. The van der Waals surface area contributed by atoms with Crippen LogP contribution in [0.5, 0.6) is 0 Å². The van der Waals surface area contributed by atoms with E-state index in [0.29, 0.717) is 31.0 Å². The monoisotopic (exact) mass is 515 g/mol. The minimum atomic E-state index is -2.40. The molecule has 0 saturated carbocycles. The normalized spacial score (nSPS) is 22.7. The number of hydrogen-bond donors (Lipinski definition) is 3. The molecule has 9 heteroatoms. The number of rotatable bonds is 5. The fraction of sp³-hybridized carbons (Fsp3) is 0.481. The molecule has 1 saturated heterocycles. The highest BCUT2D eigenvalue weighted by molar-refractivity contribution is 8.24. The smallest absolute Gasteiger partial charge is 0.408 e. The van der Waals surface area contributed by atoms with Crippen molar-refractivity contribution >= 4 is 28.3 Å². The van der Waals surface area contributed by atoms with E-state index in [1.165, 1.54) is 4.90 Å².